The molecule has 8 heteroatoms. The van der Waals surface area contributed by atoms with Gasteiger partial charge in [-0.1, -0.05) is 13.8 Å². The Hall–Kier alpha value is -3.94. The highest BCUT2D eigenvalue weighted by Gasteiger charge is 2.21. The zero-order valence-electron chi connectivity index (χ0n) is 19.5. The Morgan fingerprint density at radius 1 is 0.941 bits per heavy atom. The van der Waals surface area contributed by atoms with Gasteiger partial charge in [0.15, 0.2) is 5.78 Å². The molecule has 0 atom stereocenters. The largest absolute Gasteiger partial charge is 0.478 e. The van der Waals surface area contributed by atoms with Crippen molar-refractivity contribution in [1.29, 1.82) is 0 Å². The van der Waals surface area contributed by atoms with E-state index in [-0.39, 0.29) is 23.2 Å². The molecule has 8 nitrogen and oxygen atoms in total. The fourth-order valence-electron chi connectivity index (χ4n) is 4.02. The fourth-order valence-corrected chi connectivity index (χ4v) is 4.02. The van der Waals surface area contributed by atoms with Crippen molar-refractivity contribution in [1.82, 2.24) is 4.98 Å². The van der Waals surface area contributed by atoms with Crippen LogP contribution in [0.15, 0.2) is 48.5 Å². The van der Waals surface area contributed by atoms with E-state index < -0.39 is 5.97 Å². The summed E-state index contributed by atoms with van der Waals surface area (Å²) in [5.41, 5.74) is 3.02. The van der Waals surface area contributed by atoms with Crippen LogP contribution >= 0.6 is 0 Å². The van der Waals surface area contributed by atoms with E-state index in [1.54, 1.807) is 45.0 Å². The van der Waals surface area contributed by atoms with Gasteiger partial charge in [-0.05, 0) is 55.5 Å². The second-order valence-corrected chi connectivity index (χ2v) is 8.79. The number of carboxylic acid groups (broad SMARTS) is 1. The maximum absolute atomic E-state index is 12.0. The van der Waals surface area contributed by atoms with Gasteiger partial charge in [-0.25, -0.2) is 9.78 Å². The maximum Gasteiger partial charge on any atom is 0.336 e. The van der Waals surface area contributed by atoms with Crippen LogP contribution in [0.2, 0.25) is 0 Å². The lowest BCUT2D eigenvalue weighted by Crippen LogP contribution is -2.46. The molecule has 0 spiro atoms. The number of carbonyl (C=O) groups excluding carboxylic acids is 2. The van der Waals surface area contributed by atoms with Crippen molar-refractivity contribution in [3.05, 3.63) is 59.7 Å². The normalized spacial score (nSPS) is 13.9. The molecule has 1 saturated heterocycles. The summed E-state index contributed by atoms with van der Waals surface area (Å²) in [5, 5.41) is 13.2. The number of hydrogen-bond acceptors (Lipinski definition) is 6. The molecule has 2 N–H and O–H groups in total. The van der Waals surface area contributed by atoms with Gasteiger partial charge in [0.2, 0.25) is 5.91 Å². The third-order valence-corrected chi connectivity index (χ3v) is 6.06. The zero-order valence-corrected chi connectivity index (χ0v) is 19.5. The standard InChI is InChI=1S/C26H28N4O4/c1-16(2)25(32)27-19-6-9-23-21(14-19)22(26(33)34)15-24(28-23)30-12-10-29(11-13-30)20-7-4-18(5-8-20)17(3)31/h4-9,14-16H,10-13H2,1-3H3,(H,27,32)(H,33,34). The van der Waals surface area contributed by atoms with E-state index in [0.717, 1.165) is 18.8 Å². The van der Waals surface area contributed by atoms with Crippen LogP contribution in [-0.4, -0.2) is 53.9 Å². The Morgan fingerprint density at radius 3 is 2.18 bits per heavy atom. The van der Waals surface area contributed by atoms with E-state index in [4.69, 9.17) is 4.98 Å². The number of anilines is 3. The molecule has 0 radical (unpaired) electrons. The quantitative estimate of drug-likeness (QED) is 0.535. The molecular formula is C26H28N4O4. The average molecular weight is 461 g/mol. The Balaban J connectivity index is 1.54. The Labute approximate surface area is 198 Å². The smallest absolute Gasteiger partial charge is 0.336 e. The first-order chi connectivity index (χ1) is 16.2. The molecule has 0 saturated carbocycles. The molecule has 2 aromatic carbocycles. The van der Waals surface area contributed by atoms with Crippen molar-refractivity contribution in [2.24, 2.45) is 5.92 Å². The number of nitrogens with one attached hydrogen (secondary N) is 1. The van der Waals surface area contributed by atoms with Crippen molar-refractivity contribution in [3.8, 4) is 0 Å². The molecule has 1 aliphatic heterocycles. The van der Waals surface area contributed by atoms with Crippen LogP contribution in [0.3, 0.4) is 0 Å². The molecule has 0 aliphatic carbocycles. The zero-order chi connectivity index (χ0) is 24.4. The Kier molecular flexibility index (Phi) is 6.49. The summed E-state index contributed by atoms with van der Waals surface area (Å²) in [6.07, 6.45) is 0. The Bertz CT molecular complexity index is 1250. The summed E-state index contributed by atoms with van der Waals surface area (Å²) in [6.45, 7) is 8.03. The minimum atomic E-state index is -1.04. The summed E-state index contributed by atoms with van der Waals surface area (Å²) in [6, 6.07) is 14.4. The van der Waals surface area contributed by atoms with Crippen molar-refractivity contribution < 1.29 is 19.5 Å². The van der Waals surface area contributed by atoms with Gasteiger partial charge in [0.25, 0.3) is 0 Å². The summed E-state index contributed by atoms with van der Waals surface area (Å²) < 4.78 is 0. The maximum atomic E-state index is 12.0. The highest BCUT2D eigenvalue weighted by atomic mass is 16.4. The minimum absolute atomic E-state index is 0.0439. The summed E-state index contributed by atoms with van der Waals surface area (Å²) >= 11 is 0. The molecule has 1 amide bonds. The average Bonchev–Trinajstić information content (AvgIpc) is 2.83. The number of aromatic carboxylic acids is 1. The van der Waals surface area contributed by atoms with Crippen molar-refractivity contribution in [2.45, 2.75) is 20.8 Å². The number of Topliss-reactive ketones (excluding diaryl/α,β-unsaturated/α-hetero) is 1. The Morgan fingerprint density at radius 2 is 1.59 bits per heavy atom. The molecule has 0 unspecified atom stereocenters. The predicted octanol–water partition coefficient (Wildman–Crippen LogP) is 4.06. The number of aromatic nitrogens is 1. The molecule has 4 rings (SSSR count). The molecule has 1 fully saturated rings. The van der Waals surface area contributed by atoms with Crippen molar-refractivity contribution in [3.63, 3.8) is 0 Å². The second kappa shape index (κ2) is 9.51. The van der Waals surface area contributed by atoms with Crippen LogP contribution in [0, 0.1) is 5.92 Å². The minimum Gasteiger partial charge on any atom is -0.478 e. The highest BCUT2D eigenvalue weighted by Crippen LogP contribution is 2.27. The molecule has 176 valence electrons. The number of amides is 1. The number of pyridine rings is 1. The molecule has 0 bridgehead atoms. The summed E-state index contributed by atoms with van der Waals surface area (Å²) in [7, 11) is 0. The van der Waals surface area contributed by atoms with Crippen molar-refractivity contribution in [2.75, 3.05) is 41.3 Å². The number of carbonyl (C=O) groups is 3. The van der Waals surface area contributed by atoms with Gasteiger partial charge >= 0.3 is 5.97 Å². The number of benzene rings is 2. The highest BCUT2D eigenvalue weighted by molar-refractivity contribution is 6.05. The topological polar surface area (TPSA) is 103 Å². The third-order valence-electron chi connectivity index (χ3n) is 6.06. The first kappa shape index (κ1) is 23.2. The van der Waals surface area contributed by atoms with E-state index in [9.17, 15) is 19.5 Å². The lowest BCUT2D eigenvalue weighted by molar-refractivity contribution is -0.118. The summed E-state index contributed by atoms with van der Waals surface area (Å²) in [5.74, 6) is -0.682. The molecule has 1 aromatic heterocycles. The van der Waals surface area contributed by atoms with Gasteiger partial charge in [-0.3, -0.25) is 9.59 Å². The van der Waals surface area contributed by atoms with Crippen molar-refractivity contribution >= 4 is 45.8 Å². The van der Waals surface area contributed by atoms with Crippen LogP contribution in [0.25, 0.3) is 10.9 Å². The third kappa shape index (κ3) is 4.85. The number of carboxylic acids is 1. The van der Waals surface area contributed by atoms with E-state index in [2.05, 4.69) is 15.1 Å². The van der Waals surface area contributed by atoms with Crippen LogP contribution in [-0.2, 0) is 4.79 Å². The number of nitrogens with zero attached hydrogens (tertiary/aromatic N) is 3. The van der Waals surface area contributed by atoms with E-state index in [1.807, 2.05) is 24.3 Å². The number of hydrogen-bond donors (Lipinski definition) is 2. The van der Waals surface area contributed by atoms with E-state index >= 15 is 0 Å². The number of ketones is 1. The molecule has 34 heavy (non-hydrogen) atoms. The monoisotopic (exact) mass is 460 g/mol. The van der Waals surface area contributed by atoms with E-state index in [0.29, 0.717) is 41.1 Å². The van der Waals surface area contributed by atoms with Gasteiger partial charge in [0.05, 0.1) is 11.1 Å². The van der Waals surface area contributed by atoms with Gasteiger partial charge in [-0.15, -0.1) is 0 Å². The van der Waals surface area contributed by atoms with Crippen LogP contribution in [0.5, 0.6) is 0 Å². The predicted molar refractivity (Wildman–Crippen MR) is 133 cm³/mol. The van der Waals surface area contributed by atoms with Crippen LogP contribution in [0.1, 0.15) is 41.5 Å². The van der Waals surface area contributed by atoms with E-state index in [1.165, 1.54) is 0 Å². The first-order valence-corrected chi connectivity index (χ1v) is 11.3. The van der Waals surface area contributed by atoms with Crippen LogP contribution in [0.4, 0.5) is 17.2 Å². The van der Waals surface area contributed by atoms with Gasteiger partial charge < -0.3 is 20.2 Å². The fraction of sp³-hybridized carbons (Fsp3) is 0.308. The molecule has 1 aliphatic rings. The summed E-state index contributed by atoms with van der Waals surface area (Å²) in [4.78, 5) is 44.6. The lowest BCUT2D eigenvalue weighted by atomic mass is 10.1. The lowest BCUT2D eigenvalue weighted by Gasteiger charge is -2.37. The first-order valence-electron chi connectivity index (χ1n) is 11.3. The van der Waals surface area contributed by atoms with Crippen LogP contribution < -0.4 is 15.1 Å². The molecule has 2 heterocycles. The number of fused-ring (bicyclic) bond motifs is 1. The molecular weight excluding hydrogens is 432 g/mol. The second-order valence-electron chi connectivity index (χ2n) is 8.79. The van der Waals surface area contributed by atoms with Gasteiger partial charge in [0.1, 0.15) is 5.82 Å². The number of piperazine rings is 1. The number of rotatable bonds is 6. The van der Waals surface area contributed by atoms with Gasteiger partial charge in [0, 0.05) is 54.4 Å². The SMILES string of the molecule is CC(=O)c1ccc(N2CCN(c3cc(C(=O)O)c4cc(NC(=O)C(C)C)ccc4n3)CC2)cc1. The molecule has 3 aromatic rings. The van der Waals surface area contributed by atoms with Gasteiger partial charge in [-0.2, -0.15) is 0 Å².